The van der Waals surface area contributed by atoms with Gasteiger partial charge in [-0.3, -0.25) is 4.79 Å². The molecule has 0 saturated heterocycles. The van der Waals surface area contributed by atoms with Crippen molar-refractivity contribution in [3.8, 4) is 5.75 Å². The molecule has 1 aromatic heterocycles. The molecule has 7 heteroatoms. The molecular formula is C11H13N5O2. The number of para-hydroxylation sites is 1. The van der Waals surface area contributed by atoms with Crippen molar-refractivity contribution in [2.24, 2.45) is 5.73 Å². The van der Waals surface area contributed by atoms with Crippen LogP contribution in [0.5, 0.6) is 5.75 Å². The largest absolute Gasteiger partial charge is 0.493 e. The molecule has 0 aliphatic heterocycles. The lowest BCUT2D eigenvalue weighted by atomic mass is 10.2. The van der Waals surface area contributed by atoms with Crippen LogP contribution in [0, 0.1) is 0 Å². The number of aromatic amines is 1. The maximum absolute atomic E-state index is 11.2. The van der Waals surface area contributed by atoms with Crippen molar-refractivity contribution in [3.05, 3.63) is 35.7 Å². The number of aromatic nitrogens is 4. The summed E-state index contributed by atoms with van der Waals surface area (Å²) in [5.41, 5.74) is 5.63. The highest BCUT2D eigenvalue weighted by molar-refractivity contribution is 5.95. The van der Waals surface area contributed by atoms with Gasteiger partial charge in [0.05, 0.1) is 12.2 Å². The van der Waals surface area contributed by atoms with Crippen molar-refractivity contribution in [1.29, 1.82) is 0 Å². The Bertz CT molecular complexity index is 512. The van der Waals surface area contributed by atoms with Crippen LogP contribution in [-0.4, -0.2) is 33.1 Å². The van der Waals surface area contributed by atoms with Gasteiger partial charge in [0, 0.05) is 6.42 Å². The molecule has 0 aliphatic rings. The zero-order chi connectivity index (χ0) is 12.8. The summed E-state index contributed by atoms with van der Waals surface area (Å²) in [6.45, 7) is 0.457. The Balaban J connectivity index is 1.85. The number of aryl methyl sites for hydroxylation is 1. The second kappa shape index (κ2) is 5.76. The van der Waals surface area contributed by atoms with Crippen LogP contribution in [0.1, 0.15) is 22.6 Å². The van der Waals surface area contributed by atoms with Crippen molar-refractivity contribution >= 4 is 5.91 Å². The second-order valence-electron chi connectivity index (χ2n) is 3.64. The van der Waals surface area contributed by atoms with Gasteiger partial charge in [-0.15, -0.1) is 10.2 Å². The summed E-state index contributed by atoms with van der Waals surface area (Å²) in [5, 5.41) is 13.5. The summed E-state index contributed by atoms with van der Waals surface area (Å²) in [4.78, 5) is 11.2. The first-order chi connectivity index (χ1) is 8.77. The van der Waals surface area contributed by atoms with Gasteiger partial charge < -0.3 is 10.5 Å². The van der Waals surface area contributed by atoms with E-state index in [1.54, 1.807) is 24.3 Å². The first-order valence-electron chi connectivity index (χ1n) is 5.51. The summed E-state index contributed by atoms with van der Waals surface area (Å²) >= 11 is 0. The molecule has 1 amide bonds. The van der Waals surface area contributed by atoms with E-state index >= 15 is 0 Å². The molecule has 18 heavy (non-hydrogen) atoms. The fourth-order valence-electron chi connectivity index (χ4n) is 1.50. The van der Waals surface area contributed by atoms with E-state index in [1.165, 1.54) is 0 Å². The molecule has 2 aromatic rings. The van der Waals surface area contributed by atoms with Crippen molar-refractivity contribution in [3.63, 3.8) is 0 Å². The van der Waals surface area contributed by atoms with Crippen molar-refractivity contribution in [2.75, 3.05) is 6.61 Å². The smallest absolute Gasteiger partial charge is 0.252 e. The number of nitrogens with zero attached hydrogens (tertiary/aromatic N) is 3. The molecule has 0 aliphatic carbocycles. The maximum atomic E-state index is 11.2. The predicted molar refractivity (Wildman–Crippen MR) is 63.0 cm³/mol. The Kier molecular flexibility index (Phi) is 3.85. The second-order valence-corrected chi connectivity index (χ2v) is 3.64. The Morgan fingerprint density at radius 3 is 2.94 bits per heavy atom. The molecule has 0 bridgehead atoms. The van der Waals surface area contributed by atoms with E-state index in [9.17, 15) is 4.79 Å². The number of tetrazole rings is 1. The average molecular weight is 247 g/mol. The number of H-pyrrole nitrogens is 1. The van der Waals surface area contributed by atoms with E-state index in [4.69, 9.17) is 10.5 Å². The van der Waals surface area contributed by atoms with Crippen LogP contribution in [0.2, 0.25) is 0 Å². The van der Waals surface area contributed by atoms with Crippen LogP contribution < -0.4 is 10.5 Å². The zero-order valence-electron chi connectivity index (χ0n) is 9.67. The van der Waals surface area contributed by atoms with Crippen LogP contribution in [0.4, 0.5) is 0 Å². The Labute approximate surface area is 103 Å². The number of ether oxygens (including phenoxy) is 1. The van der Waals surface area contributed by atoms with Gasteiger partial charge in [0.1, 0.15) is 5.75 Å². The maximum Gasteiger partial charge on any atom is 0.252 e. The van der Waals surface area contributed by atoms with Crippen LogP contribution in [-0.2, 0) is 6.42 Å². The Morgan fingerprint density at radius 2 is 2.22 bits per heavy atom. The van der Waals surface area contributed by atoms with Crippen LogP contribution in [0.3, 0.4) is 0 Å². The van der Waals surface area contributed by atoms with E-state index in [0.717, 1.165) is 6.42 Å². The SMILES string of the molecule is NC(=O)c1ccccc1OCCCc1nn[nH]n1. The highest BCUT2D eigenvalue weighted by Gasteiger charge is 2.08. The summed E-state index contributed by atoms with van der Waals surface area (Å²) in [5.74, 6) is 0.642. The lowest BCUT2D eigenvalue weighted by Crippen LogP contribution is -2.13. The number of hydrogen-bond acceptors (Lipinski definition) is 5. The monoisotopic (exact) mass is 247 g/mol. The van der Waals surface area contributed by atoms with Gasteiger partial charge in [0.25, 0.3) is 5.91 Å². The van der Waals surface area contributed by atoms with Gasteiger partial charge in [-0.05, 0) is 18.6 Å². The zero-order valence-corrected chi connectivity index (χ0v) is 9.67. The topological polar surface area (TPSA) is 107 Å². The molecule has 1 aromatic carbocycles. The third kappa shape index (κ3) is 3.03. The van der Waals surface area contributed by atoms with Gasteiger partial charge in [-0.1, -0.05) is 17.3 Å². The van der Waals surface area contributed by atoms with E-state index in [1.807, 2.05) is 0 Å². The number of rotatable bonds is 6. The number of carbonyl (C=O) groups is 1. The molecule has 0 unspecified atom stereocenters. The first kappa shape index (κ1) is 12.0. The van der Waals surface area contributed by atoms with E-state index in [2.05, 4.69) is 20.6 Å². The number of amides is 1. The molecular weight excluding hydrogens is 234 g/mol. The summed E-state index contributed by atoms with van der Waals surface area (Å²) in [6.07, 6.45) is 1.39. The molecule has 0 radical (unpaired) electrons. The number of nitrogens with one attached hydrogen (secondary N) is 1. The molecule has 0 saturated carbocycles. The Hall–Kier alpha value is -2.44. The molecule has 0 fully saturated rings. The number of carbonyl (C=O) groups excluding carboxylic acids is 1. The van der Waals surface area contributed by atoms with Gasteiger partial charge in [-0.2, -0.15) is 5.21 Å². The van der Waals surface area contributed by atoms with Crippen molar-refractivity contribution in [2.45, 2.75) is 12.8 Å². The van der Waals surface area contributed by atoms with Crippen LogP contribution in [0.15, 0.2) is 24.3 Å². The Morgan fingerprint density at radius 1 is 1.39 bits per heavy atom. The number of hydrogen-bond donors (Lipinski definition) is 2. The van der Waals surface area contributed by atoms with Gasteiger partial charge >= 0.3 is 0 Å². The van der Waals surface area contributed by atoms with Crippen molar-refractivity contribution < 1.29 is 9.53 Å². The van der Waals surface area contributed by atoms with Gasteiger partial charge in [-0.25, -0.2) is 0 Å². The fourth-order valence-corrected chi connectivity index (χ4v) is 1.50. The quantitative estimate of drug-likeness (QED) is 0.714. The van der Waals surface area contributed by atoms with Gasteiger partial charge in [0.15, 0.2) is 5.82 Å². The average Bonchev–Trinajstić information content (AvgIpc) is 2.88. The molecule has 7 nitrogen and oxygen atoms in total. The third-order valence-corrected chi connectivity index (χ3v) is 2.34. The molecule has 94 valence electrons. The van der Waals surface area contributed by atoms with Crippen LogP contribution in [0.25, 0.3) is 0 Å². The minimum atomic E-state index is -0.497. The lowest BCUT2D eigenvalue weighted by molar-refractivity contribution is 0.0996. The van der Waals surface area contributed by atoms with E-state index in [-0.39, 0.29) is 0 Å². The molecule has 2 rings (SSSR count). The summed E-state index contributed by atoms with van der Waals surface area (Å²) in [7, 11) is 0. The van der Waals surface area contributed by atoms with Crippen molar-refractivity contribution in [1.82, 2.24) is 20.6 Å². The predicted octanol–water partition coefficient (Wildman–Crippen LogP) is 0.310. The van der Waals surface area contributed by atoms with E-state index in [0.29, 0.717) is 30.2 Å². The summed E-state index contributed by atoms with van der Waals surface area (Å²) in [6, 6.07) is 6.89. The number of benzene rings is 1. The normalized spacial score (nSPS) is 10.2. The minimum absolute atomic E-state index is 0.386. The number of nitrogens with two attached hydrogens (primary N) is 1. The molecule has 0 atom stereocenters. The lowest BCUT2D eigenvalue weighted by Gasteiger charge is -2.08. The summed E-state index contributed by atoms with van der Waals surface area (Å²) < 4.78 is 5.51. The van der Waals surface area contributed by atoms with Gasteiger partial charge in [0.2, 0.25) is 0 Å². The molecule has 0 spiro atoms. The highest BCUT2D eigenvalue weighted by Crippen LogP contribution is 2.17. The highest BCUT2D eigenvalue weighted by atomic mass is 16.5. The third-order valence-electron chi connectivity index (χ3n) is 2.34. The standard InChI is InChI=1S/C11H13N5O2/c12-11(17)8-4-1-2-5-9(8)18-7-3-6-10-13-15-16-14-10/h1-2,4-5H,3,6-7H2,(H2,12,17)(H,13,14,15,16). The molecule has 1 heterocycles. The first-order valence-corrected chi connectivity index (χ1v) is 5.51. The van der Waals surface area contributed by atoms with Crippen LogP contribution >= 0.6 is 0 Å². The van der Waals surface area contributed by atoms with E-state index < -0.39 is 5.91 Å². The fraction of sp³-hybridized carbons (Fsp3) is 0.273. The minimum Gasteiger partial charge on any atom is -0.493 e. The number of primary amides is 1. The molecule has 3 N–H and O–H groups in total.